The molecule has 0 bridgehead atoms. The number of benzene rings is 2. The summed E-state index contributed by atoms with van der Waals surface area (Å²) in [6, 6.07) is 11.7. The SMILES string of the molecule is NC(=O)c1cc(Br)ccc1Nc1ccc2c(c1)CCCN2. The fourth-order valence-electron chi connectivity index (χ4n) is 2.54. The summed E-state index contributed by atoms with van der Waals surface area (Å²) in [7, 11) is 0. The van der Waals surface area contributed by atoms with Crippen molar-refractivity contribution in [1.29, 1.82) is 0 Å². The highest BCUT2D eigenvalue weighted by atomic mass is 79.9. The van der Waals surface area contributed by atoms with Crippen molar-refractivity contribution >= 4 is 38.9 Å². The molecule has 1 aliphatic rings. The Balaban J connectivity index is 1.92. The second kappa shape index (κ2) is 5.77. The number of carbonyl (C=O) groups is 1. The van der Waals surface area contributed by atoms with Crippen LogP contribution < -0.4 is 16.4 Å². The molecule has 2 aromatic carbocycles. The van der Waals surface area contributed by atoms with Crippen LogP contribution in [0.4, 0.5) is 17.1 Å². The van der Waals surface area contributed by atoms with E-state index in [1.54, 1.807) is 6.07 Å². The number of amides is 1. The van der Waals surface area contributed by atoms with E-state index in [4.69, 9.17) is 5.73 Å². The highest BCUT2D eigenvalue weighted by Crippen LogP contribution is 2.29. The number of fused-ring (bicyclic) bond motifs is 1. The Morgan fingerprint density at radius 2 is 2.10 bits per heavy atom. The average Bonchev–Trinajstić information content (AvgIpc) is 2.49. The molecule has 0 atom stereocenters. The maximum Gasteiger partial charge on any atom is 0.250 e. The molecule has 1 aliphatic heterocycles. The molecule has 0 radical (unpaired) electrons. The molecule has 0 aromatic heterocycles. The zero-order valence-corrected chi connectivity index (χ0v) is 13.0. The van der Waals surface area contributed by atoms with E-state index >= 15 is 0 Å². The van der Waals surface area contributed by atoms with Crippen LogP contribution in [0.3, 0.4) is 0 Å². The lowest BCUT2D eigenvalue weighted by atomic mass is 10.0. The maximum absolute atomic E-state index is 11.5. The standard InChI is InChI=1S/C16H16BrN3O/c17-11-3-5-15(13(9-11)16(18)21)20-12-4-6-14-10(8-12)2-1-7-19-14/h3-6,8-9,19-20H,1-2,7H2,(H2,18,21). The Hall–Kier alpha value is -2.01. The van der Waals surface area contributed by atoms with Gasteiger partial charge in [0.15, 0.2) is 0 Å². The van der Waals surface area contributed by atoms with Gasteiger partial charge in [0.2, 0.25) is 0 Å². The summed E-state index contributed by atoms with van der Waals surface area (Å²) in [5.41, 5.74) is 10.1. The lowest BCUT2D eigenvalue weighted by Crippen LogP contribution is -2.14. The van der Waals surface area contributed by atoms with Crippen LogP contribution in [0.2, 0.25) is 0 Å². The van der Waals surface area contributed by atoms with Crippen molar-refractivity contribution in [3.63, 3.8) is 0 Å². The first-order valence-electron chi connectivity index (χ1n) is 6.86. The van der Waals surface area contributed by atoms with Crippen molar-refractivity contribution in [3.8, 4) is 0 Å². The lowest BCUT2D eigenvalue weighted by molar-refractivity contribution is 0.100. The van der Waals surface area contributed by atoms with Gasteiger partial charge in [-0.3, -0.25) is 4.79 Å². The van der Waals surface area contributed by atoms with Gasteiger partial charge in [0.25, 0.3) is 5.91 Å². The minimum absolute atomic E-state index is 0.446. The largest absolute Gasteiger partial charge is 0.385 e. The number of aryl methyl sites for hydroxylation is 1. The van der Waals surface area contributed by atoms with Gasteiger partial charge in [0.1, 0.15) is 0 Å². The first-order valence-corrected chi connectivity index (χ1v) is 7.66. The second-order valence-electron chi connectivity index (χ2n) is 5.08. The third-order valence-electron chi connectivity index (χ3n) is 3.57. The van der Waals surface area contributed by atoms with Gasteiger partial charge in [-0.15, -0.1) is 0 Å². The number of nitrogens with one attached hydrogen (secondary N) is 2. The topological polar surface area (TPSA) is 67.2 Å². The van der Waals surface area contributed by atoms with Gasteiger partial charge in [-0.05, 0) is 54.8 Å². The predicted octanol–water partition coefficient (Wildman–Crippen LogP) is 3.65. The summed E-state index contributed by atoms with van der Waals surface area (Å²) in [5.74, 6) is -0.446. The van der Waals surface area contributed by atoms with Crippen LogP contribution in [-0.2, 0) is 6.42 Å². The van der Waals surface area contributed by atoms with E-state index in [0.717, 1.165) is 35.2 Å². The summed E-state index contributed by atoms with van der Waals surface area (Å²) in [4.78, 5) is 11.5. The van der Waals surface area contributed by atoms with Crippen molar-refractivity contribution in [2.75, 3.05) is 17.2 Å². The molecule has 4 nitrogen and oxygen atoms in total. The zero-order chi connectivity index (χ0) is 14.8. The molecule has 0 unspecified atom stereocenters. The first-order chi connectivity index (χ1) is 10.1. The van der Waals surface area contributed by atoms with Crippen molar-refractivity contribution < 1.29 is 4.79 Å². The molecule has 21 heavy (non-hydrogen) atoms. The molecule has 3 rings (SSSR count). The number of halogens is 1. The van der Waals surface area contributed by atoms with Gasteiger partial charge >= 0.3 is 0 Å². The summed E-state index contributed by atoms with van der Waals surface area (Å²) in [5, 5.41) is 6.66. The van der Waals surface area contributed by atoms with Crippen molar-refractivity contribution in [3.05, 3.63) is 52.0 Å². The lowest BCUT2D eigenvalue weighted by Gasteiger charge is -2.19. The number of primary amides is 1. The highest BCUT2D eigenvalue weighted by Gasteiger charge is 2.12. The molecule has 0 fully saturated rings. The highest BCUT2D eigenvalue weighted by molar-refractivity contribution is 9.10. The van der Waals surface area contributed by atoms with Crippen LogP contribution in [0.15, 0.2) is 40.9 Å². The van der Waals surface area contributed by atoms with Crippen molar-refractivity contribution in [2.45, 2.75) is 12.8 Å². The second-order valence-corrected chi connectivity index (χ2v) is 6.00. The van der Waals surface area contributed by atoms with E-state index in [0.29, 0.717) is 5.56 Å². The third-order valence-corrected chi connectivity index (χ3v) is 4.06. The molecular formula is C16H16BrN3O. The molecule has 0 saturated carbocycles. The van der Waals surface area contributed by atoms with Gasteiger partial charge in [-0.25, -0.2) is 0 Å². The summed E-state index contributed by atoms with van der Waals surface area (Å²) < 4.78 is 0.830. The van der Waals surface area contributed by atoms with Gasteiger partial charge in [-0.2, -0.15) is 0 Å². The molecule has 5 heteroatoms. The average molecular weight is 346 g/mol. The molecule has 0 spiro atoms. The normalized spacial score (nSPS) is 13.2. The van der Waals surface area contributed by atoms with E-state index in [1.165, 1.54) is 11.3 Å². The summed E-state index contributed by atoms with van der Waals surface area (Å²) in [6.07, 6.45) is 2.21. The van der Waals surface area contributed by atoms with Crippen LogP contribution in [-0.4, -0.2) is 12.5 Å². The first kappa shape index (κ1) is 13.9. The van der Waals surface area contributed by atoms with Gasteiger partial charge in [-0.1, -0.05) is 15.9 Å². The molecule has 0 saturated heterocycles. The van der Waals surface area contributed by atoms with Gasteiger partial charge in [0.05, 0.1) is 11.3 Å². The van der Waals surface area contributed by atoms with E-state index < -0.39 is 5.91 Å². The fourth-order valence-corrected chi connectivity index (χ4v) is 2.90. The van der Waals surface area contributed by atoms with Crippen molar-refractivity contribution in [2.24, 2.45) is 5.73 Å². The molecule has 2 aromatic rings. The molecular weight excluding hydrogens is 330 g/mol. The Morgan fingerprint density at radius 3 is 2.90 bits per heavy atom. The quantitative estimate of drug-likeness (QED) is 0.795. The summed E-state index contributed by atoms with van der Waals surface area (Å²) in [6.45, 7) is 1.03. The van der Waals surface area contributed by atoms with E-state index in [1.807, 2.05) is 18.2 Å². The van der Waals surface area contributed by atoms with Crippen LogP contribution in [0.1, 0.15) is 22.3 Å². The Morgan fingerprint density at radius 1 is 1.24 bits per heavy atom. The van der Waals surface area contributed by atoms with Crippen LogP contribution >= 0.6 is 15.9 Å². The monoisotopic (exact) mass is 345 g/mol. The molecule has 0 aliphatic carbocycles. The molecule has 4 N–H and O–H groups in total. The minimum atomic E-state index is -0.446. The van der Waals surface area contributed by atoms with Crippen LogP contribution in [0.25, 0.3) is 0 Å². The Kier molecular flexibility index (Phi) is 3.84. The number of hydrogen-bond acceptors (Lipinski definition) is 3. The van der Waals surface area contributed by atoms with E-state index in [2.05, 4.69) is 38.7 Å². The number of nitrogens with two attached hydrogens (primary N) is 1. The molecule has 1 heterocycles. The van der Waals surface area contributed by atoms with Gasteiger partial charge in [0, 0.05) is 22.4 Å². The maximum atomic E-state index is 11.5. The Bertz CT molecular complexity index is 700. The van der Waals surface area contributed by atoms with Crippen LogP contribution in [0, 0.1) is 0 Å². The predicted molar refractivity (Wildman–Crippen MR) is 89.2 cm³/mol. The number of rotatable bonds is 3. The third kappa shape index (κ3) is 3.03. The molecule has 108 valence electrons. The smallest absolute Gasteiger partial charge is 0.250 e. The minimum Gasteiger partial charge on any atom is -0.385 e. The fraction of sp³-hybridized carbons (Fsp3) is 0.188. The number of carbonyl (C=O) groups excluding carboxylic acids is 1. The van der Waals surface area contributed by atoms with E-state index in [-0.39, 0.29) is 0 Å². The number of anilines is 3. The Labute approximate surface area is 131 Å². The molecule has 1 amide bonds. The zero-order valence-electron chi connectivity index (χ0n) is 11.4. The van der Waals surface area contributed by atoms with Gasteiger partial charge < -0.3 is 16.4 Å². The number of hydrogen-bond donors (Lipinski definition) is 3. The van der Waals surface area contributed by atoms with E-state index in [9.17, 15) is 4.79 Å². The summed E-state index contributed by atoms with van der Waals surface area (Å²) >= 11 is 3.36. The van der Waals surface area contributed by atoms with Crippen molar-refractivity contribution in [1.82, 2.24) is 0 Å². The van der Waals surface area contributed by atoms with Crippen LogP contribution in [0.5, 0.6) is 0 Å².